The Kier molecular flexibility index (Phi) is 7.23. The van der Waals surface area contributed by atoms with Gasteiger partial charge < -0.3 is 9.30 Å². The zero-order valence-electron chi connectivity index (χ0n) is 20.0. The second-order valence-corrected chi connectivity index (χ2v) is 9.52. The van der Waals surface area contributed by atoms with Crippen LogP contribution in [0.4, 0.5) is 10.5 Å². The molecule has 1 fully saturated rings. The smallest absolute Gasteiger partial charge is 0.338 e. The van der Waals surface area contributed by atoms with Crippen molar-refractivity contribution in [2.45, 2.75) is 20.8 Å². The highest BCUT2D eigenvalue weighted by Gasteiger charge is 2.42. The van der Waals surface area contributed by atoms with Gasteiger partial charge in [-0.2, -0.15) is 0 Å². The first-order valence-electron chi connectivity index (χ1n) is 11.2. The Morgan fingerprint density at radius 1 is 0.914 bits per heavy atom. The molecule has 7 nitrogen and oxygen atoms in total. The number of hydrogen-bond donors (Lipinski definition) is 0. The molecule has 4 amide bonds. The summed E-state index contributed by atoms with van der Waals surface area (Å²) in [5, 5.41) is 0. The third-order valence-corrected chi connectivity index (χ3v) is 7.24. The number of aromatic nitrogens is 1. The average Bonchev–Trinajstić information content (AvgIpc) is 3.12. The molecule has 1 aliphatic rings. The van der Waals surface area contributed by atoms with Crippen molar-refractivity contribution in [1.29, 1.82) is 0 Å². The van der Waals surface area contributed by atoms with E-state index in [9.17, 15) is 14.4 Å². The molecule has 0 radical (unpaired) electrons. The van der Waals surface area contributed by atoms with Gasteiger partial charge in [-0.1, -0.05) is 18.2 Å². The quantitative estimate of drug-likeness (QED) is 0.232. The molecule has 0 bridgehead atoms. The van der Waals surface area contributed by atoms with Gasteiger partial charge in [-0.05, 0) is 97.0 Å². The zero-order valence-corrected chi connectivity index (χ0v) is 22.2. The summed E-state index contributed by atoms with van der Waals surface area (Å²) in [6.45, 7) is 6.21. The van der Waals surface area contributed by atoms with Gasteiger partial charge in [-0.15, -0.1) is 0 Å². The standard InChI is InChI=1S/C27H26IN3O4/c1-17-14-22(10-11-24(17)28)30-18(2)15-20(19(30)3)16-23-25(32)29(12-13-35-4)27(34)31(26(23)33)21-8-6-5-7-9-21/h5-11,14-16H,12-13H2,1-4H3/b23-16+. The molecule has 0 N–H and O–H groups in total. The molecule has 1 aromatic heterocycles. The van der Waals surface area contributed by atoms with Crippen molar-refractivity contribution in [3.8, 4) is 5.69 Å². The van der Waals surface area contributed by atoms with Gasteiger partial charge in [0.15, 0.2) is 0 Å². The number of para-hydroxylation sites is 1. The molecule has 3 aromatic rings. The largest absolute Gasteiger partial charge is 0.383 e. The zero-order chi connectivity index (χ0) is 25.3. The third-order valence-electron chi connectivity index (χ3n) is 6.03. The highest BCUT2D eigenvalue weighted by Crippen LogP contribution is 2.29. The minimum Gasteiger partial charge on any atom is -0.383 e. The molecule has 1 aliphatic heterocycles. The molecule has 2 heterocycles. The van der Waals surface area contributed by atoms with E-state index >= 15 is 0 Å². The van der Waals surface area contributed by atoms with Crippen LogP contribution in [0, 0.1) is 24.3 Å². The van der Waals surface area contributed by atoms with Crippen molar-refractivity contribution < 1.29 is 19.1 Å². The van der Waals surface area contributed by atoms with E-state index in [2.05, 4.69) is 46.2 Å². The van der Waals surface area contributed by atoms with Crippen LogP contribution in [0.15, 0.2) is 60.2 Å². The summed E-state index contributed by atoms with van der Waals surface area (Å²) >= 11 is 2.30. The molecule has 35 heavy (non-hydrogen) atoms. The Bertz CT molecular complexity index is 1340. The van der Waals surface area contributed by atoms with E-state index in [4.69, 9.17) is 4.74 Å². The maximum absolute atomic E-state index is 13.5. The Morgan fingerprint density at radius 2 is 1.63 bits per heavy atom. The Morgan fingerprint density at radius 3 is 2.29 bits per heavy atom. The number of rotatable bonds is 6. The summed E-state index contributed by atoms with van der Waals surface area (Å²) in [5.74, 6) is -1.27. The predicted octanol–water partition coefficient (Wildman–Crippen LogP) is 5.03. The molecule has 180 valence electrons. The lowest BCUT2D eigenvalue weighted by atomic mass is 10.1. The van der Waals surface area contributed by atoms with Crippen LogP contribution >= 0.6 is 22.6 Å². The summed E-state index contributed by atoms with van der Waals surface area (Å²) < 4.78 is 8.37. The van der Waals surface area contributed by atoms with Gasteiger partial charge in [0.2, 0.25) is 0 Å². The summed E-state index contributed by atoms with van der Waals surface area (Å²) in [4.78, 5) is 42.0. The van der Waals surface area contributed by atoms with Crippen molar-refractivity contribution in [3.05, 3.63) is 86.3 Å². The number of imide groups is 2. The number of barbiturate groups is 1. The van der Waals surface area contributed by atoms with Crippen molar-refractivity contribution in [3.63, 3.8) is 0 Å². The van der Waals surface area contributed by atoms with Crippen LogP contribution in [-0.4, -0.2) is 47.6 Å². The predicted molar refractivity (Wildman–Crippen MR) is 144 cm³/mol. The maximum atomic E-state index is 13.5. The first-order valence-corrected chi connectivity index (χ1v) is 12.2. The summed E-state index contributed by atoms with van der Waals surface area (Å²) in [6, 6.07) is 16.1. The molecule has 4 rings (SSSR count). The Hall–Kier alpha value is -3.24. The van der Waals surface area contributed by atoms with Crippen LogP contribution in [-0.2, 0) is 14.3 Å². The molecule has 2 aromatic carbocycles. The molecule has 0 unspecified atom stereocenters. The van der Waals surface area contributed by atoms with E-state index in [0.29, 0.717) is 5.69 Å². The fourth-order valence-corrected chi connectivity index (χ4v) is 4.55. The average molecular weight is 583 g/mol. The fraction of sp³-hybridized carbons (Fsp3) is 0.222. The number of carbonyl (C=O) groups excluding carboxylic acids is 3. The van der Waals surface area contributed by atoms with Crippen LogP contribution < -0.4 is 4.90 Å². The van der Waals surface area contributed by atoms with Crippen molar-refractivity contribution in [2.24, 2.45) is 0 Å². The topological polar surface area (TPSA) is 71.8 Å². The van der Waals surface area contributed by atoms with Crippen molar-refractivity contribution >= 4 is 52.2 Å². The first-order chi connectivity index (χ1) is 16.7. The number of halogens is 1. The minimum atomic E-state index is -0.680. The van der Waals surface area contributed by atoms with Crippen LogP contribution in [0.3, 0.4) is 0 Å². The third kappa shape index (κ3) is 4.68. The van der Waals surface area contributed by atoms with Crippen LogP contribution in [0.1, 0.15) is 22.5 Å². The number of hydrogen-bond acceptors (Lipinski definition) is 4. The summed E-state index contributed by atoms with van der Waals surface area (Å²) in [5.41, 5.74) is 5.11. The highest BCUT2D eigenvalue weighted by molar-refractivity contribution is 14.1. The van der Waals surface area contributed by atoms with Gasteiger partial charge in [0, 0.05) is 27.8 Å². The minimum absolute atomic E-state index is 0.0447. The molecule has 0 saturated carbocycles. The van der Waals surface area contributed by atoms with Gasteiger partial charge in [0.25, 0.3) is 11.8 Å². The lowest BCUT2D eigenvalue weighted by molar-refractivity contribution is -0.129. The number of anilines is 1. The van der Waals surface area contributed by atoms with E-state index in [-0.39, 0.29) is 18.7 Å². The second-order valence-electron chi connectivity index (χ2n) is 8.36. The summed E-state index contributed by atoms with van der Waals surface area (Å²) in [7, 11) is 1.50. The molecule has 0 atom stereocenters. The molecule has 0 aliphatic carbocycles. The lowest BCUT2D eigenvalue weighted by Gasteiger charge is -2.33. The molecular weight excluding hydrogens is 557 g/mol. The normalized spacial score (nSPS) is 15.5. The lowest BCUT2D eigenvalue weighted by Crippen LogP contribution is -2.57. The van der Waals surface area contributed by atoms with Crippen LogP contribution in [0.25, 0.3) is 11.8 Å². The first kappa shape index (κ1) is 24.9. The number of nitrogens with zero attached hydrogens (tertiary/aromatic N) is 3. The number of carbonyl (C=O) groups is 3. The highest BCUT2D eigenvalue weighted by atomic mass is 127. The van der Waals surface area contributed by atoms with Crippen molar-refractivity contribution in [2.75, 3.05) is 25.2 Å². The SMILES string of the molecule is COCCN1C(=O)/C(=C\c2cc(C)n(-c3ccc(I)c(C)c3)c2C)C(=O)N(c2ccccc2)C1=O. The maximum Gasteiger partial charge on any atom is 0.338 e. The fourth-order valence-electron chi connectivity index (χ4n) is 4.21. The molecule has 1 saturated heterocycles. The molecule has 8 heteroatoms. The van der Waals surface area contributed by atoms with E-state index < -0.39 is 17.8 Å². The molecule has 0 spiro atoms. The summed E-state index contributed by atoms with van der Waals surface area (Å²) in [6.07, 6.45) is 1.59. The van der Waals surface area contributed by atoms with E-state index in [1.54, 1.807) is 36.4 Å². The van der Waals surface area contributed by atoms with Crippen LogP contribution in [0.5, 0.6) is 0 Å². The number of benzene rings is 2. The van der Waals surface area contributed by atoms with E-state index in [0.717, 1.165) is 32.4 Å². The van der Waals surface area contributed by atoms with Gasteiger partial charge >= 0.3 is 6.03 Å². The van der Waals surface area contributed by atoms with E-state index in [1.165, 1.54) is 16.2 Å². The van der Waals surface area contributed by atoms with Gasteiger partial charge in [-0.3, -0.25) is 14.5 Å². The molecular formula is C27H26IN3O4. The van der Waals surface area contributed by atoms with Crippen LogP contribution in [0.2, 0.25) is 0 Å². The van der Waals surface area contributed by atoms with Gasteiger partial charge in [0.05, 0.1) is 18.8 Å². The van der Waals surface area contributed by atoms with E-state index in [1.807, 2.05) is 26.0 Å². The Balaban J connectivity index is 1.81. The Labute approximate surface area is 218 Å². The number of aryl methyl sites for hydroxylation is 2. The second kappa shape index (κ2) is 10.2. The monoisotopic (exact) mass is 583 g/mol. The number of methoxy groups -OCH3 is 1. The number of urea groups is 1. The van der Waals surface area contributed by atoms with Gasteiger partial charge in [0.1, 0.15) is 5.57 Å². The number of ether oxygens (including phenoxy) is 1. The number of amides is 4. The van der Waals surface area contributed by atoms with Crippen molar-refractivity contribution in [1.82, 2.24) is 9.47 Å². The van der Waals surface area contributed by atoms with Gasteiger partial charge in [-0.25, -0.2) is 9.69 Å².